The van der Waals surface area contributed by atoms with Crippen molar-refractivity contribution in [1.82, 2.24) is 0 Å². The Kier molecular flexibility index (Phi) is 5.18. The Bertz CT molecular complexity index is 631. The van der Waals surface area contributed by atoms with E-state index in [1.165, 1.54) is 11.1 Å². The Morgan fingerprint density at radius 2 is 1.76 bits per heavy atom. The van der Waals surface area contributed by atoms with Crippen molar-refractivity contribution in [2.75, 3.05) is 18.5 Å². The smallest absolute Gasteiger partial charge is 0.164 e. The van der Waals surface area contributed by atoms with Crippen LogP contribution in [0.3, 0.4) is 0 Å². The topological polar surface area (TPSA) is 20.3 Å². The molecule has 0 unspecified atom stereocenters. The van der Waals surface area contributed by atoms with Gasteiger partial charge in [-0.25, -0.2) is 0 Å². The number of carbonyl (C=O) groups excluding carboxylic acids is 1. The van der Waals surface area contributed by atoms with Crippen molar-refractivity contribution >= 4 is 27.4 Å². The van der Waals surface area contributed by atoms with E-state index in [-0.39, 0.29) is 5.78 Å². The molecule has 0 aliphatic rings. The molecule has 0 radical (unpaired) electrons. The summed E-state index contributed by atoms with van der Waals surface area (Å²) in [5.41, 5.74) is 4.41. The number of carbonyl (C=O) groups is 1. The van der Waals surface area contributed by atoms with E-state index in [0.29, 0.717) is 13.0 Å². The van der Waals surface area contributed by atoms with Crippen LogP contribution in [0, 0.1) is 13.8 Å². The standard InChI is InChI=1S/C18H20BrNO/c1-13-9-14(2)11-17(10-13)20(3)8-7-18(21)15-5-4-6-16(19)12-15/h4-6,9-12H,7-8H2,1-3H3. The zero-order valence-corrected chi connectivity index (χ0v) is 14.3. The number of Topliss-reactive ketones (excluding diaryl/α,β-unsaturated/α-hetero) is 1. The Hall–Kier alpha value is -1.61. The number of hydrogen-bond donors (Lipinski definition) is 0. The molecule has 0 saturated heterocycles. The average Bonchev–Trinajstić information content (AvgIpc) is 2.43. The molecule has 0 aliphatic carbocycles. The highest BCUT2D eigenvalue weighted by Crippen LogP contribution is 2.18. The third-order valence-corrected chi connectivity index (χ3v) is 3.96. The van der Waals surface area contributed by atoms with E-state index in [2.05, 4.69) is 52.9 Å². The number of anilines is 1. The summed E-state index contributed by atoms with van der Waals surface area (Å²) in [6.45, 7) is 4.90. The third-order valence-electron chi connectivity index (χ3n) is 3.47. The van der Waals surface area contributed by atoms with E-state index < -0.39 is 0 Å². The minimum Gasteiger partial charge on any atom is -0.374 e. The van der Waals surface area contributed by atoms with Crippen molar-refractivity contribution in [1.29, 1.82) is 0 Å². The molecule has 0 amide bonds. The normalized spacial score (nSPS) is 10.5. The number of hydrogen-bond acceptors (Lipinski definition) is 2. The van der Waals surface area contributed by atoms with Crippen LogP contribution in [0.1, 0.15) is 27.9 Å². The second-order valence-electron chi connectivity index (χ2n) is 5.45. The monoisotopic (exact) mass is 345 g/mol. The van der Waals surface area contributed by atoms with Crippen molar-refractivity contribution in [3.63, 3.8) is 0 Å². The second kappa shape index (κ2) is 6.90. The maximum Gasteiger partial charge on any atom is 0.164 e. The quantitative estimate of drug-likeness (QED) is 0.727. The Morgan fingerprint density at radius 1 is 1.10 bits per heavy atom. The molecular formula is C18H20BrNO. The summed E-state index contributed by atoms with van der Waals surface area (Å²) in [5, 5.41) is 0. The first kappa shape index (κ1) is 15.8. The molecule has 0 N–H and O–H groups in total. The minimum absolute atomic E-state index is 0.174. The highest BCUT2D eigenvalue weighted by Gasteiger charge is 2.09. The van der Waals surface area contributed by atoms with Crippen LogP contribution in [0.2, 0.25) is 0 Å². The van der Waals surface area contributed by atoms with Crippen LogP contribution in [0.25, 0.3) is 0 Å². The molecular weight excluding hydrogens is 326 g/mol. The summed E-state index contributed by atoms with van der Waals surface area (Å²) in [5.74, 6) is 0.174. The number of benzene rings is 2. The van der Waals surface area contributed by atoms with Crippen molar-refractivity contribution in [3.8, 4) is 0 Å². The number of aryl methyl sites for hydroxylation is 2. The summed E-state index contributed by atoms with van der Waals surface area (Å²) in [6.07, 6.45) is 0.514. The van der Waals surface area contributed by atoms with Gasteiger partial charge in [0.05, 0.1) is 0 Å². The predicted molar refractivity (Wildman–Crippen MR) is 92.3 cm³/mol. The van der Waals surface area contributed by atoms with E-state index in [0.717, 1.165) is 15.7 Å². The summed E-state index contributed by atoms with van der Waals surface area (Å²) >= 11 is 3.40. The van der Waals surface area contributed by atoms with Crippen molar-refractivity contribution in [3.05, 3.63) is 63.6 Å². The number of ketones is 1. The maximum atomic E-state index is 12.2. The second-order valence-corrected chi connectivity index (χ2v) is 6.37. The van der Waals surface area contributed by atoms with Gasteiger partial charge in [-0.1, -0.05) is 34.1 Å². The molecule has 21 heavy (non-hydrogen) atoms. The lowest BCUT2D eigenvalue weighted by Crippen LogP contribution is -2.21. The van der Waals surface area contributed by atoms with Gasteiger partial charge in [0, 0.05) is 35.7 Å². The minimum atomic E-state index is 0.174. The molecule has 110 valence electrons. The van der Waals surface area contributed by atoms with Crippen LogP contribution in [-0.4, -0.2) is 19.4 Å². The van der Waals surface area contributed by atoms with Gasteiger partial charge in [-0.2, -0.15) is 0 Å². The first-order chi connectivity index (χ1) is 9.95. The van der Waals surface area contributed by atoms with Crippen molar-refractivity contribution in [2.45, 2.75) is 20.3 Å². The van der Waals surface area contributed by atoms with Crippen LogP contribution in [0.15, 0.2) is 46.9 Å². The molecule has 2 aromatic rings. The predicted octanol–water partition coefficient (Wildman–Crippen LogP) is 4.78. The molecule has 2 rings (SSSR count). The molecule has 2 aromatic carbocycles. The van der Waals surface area contributed by atoms with E-state index in [9.17, 15) is 4.79 Å². The van der Waals surface area contributed by atoms with Crippen LogP contribution in [0.4, 0.5) is 5.69 Å². The lowest BCUT2D eigenvalue weighted by Gasteiger charge is -2.20. The molecule has 0 atom stereocenters. The van der Waals surface area contributed by atoms with Gasteiger partial charge in [-0.3, -0.25) is 4.79 Å². The fourth-order valence-electron chi connectivity index (χ4n) is 2.38. The number of halogens is 1. The summed E-state index contributed by atoms with van der Waals surface area (Å²) in [4.78, 5) is 14.4. The van der Waals surface area contributed by atoms with Gasteiger partial charge in [-0.05, 0) is 49.2 Å². The van der Waals surface area contributed by atoms with Gasteiger partial charge < -0.3 is 4.90 Å². The first-order valence-electron chi connectivity index (χ1n) is 7.04. The molecule has 0 saturated carbocycles. The maximum absolute atomic E-state index is 12.2. The SMILES string of the molecule is Cc1cc(C)cc(N(C)CCC(=O)c2cccc(Br)c2)c1. The van der Waals surface area contributed by atoms with Gasteiger partial charge in [0.25, 0.3) is 0 Å². The third kappa shape index (κ3) is 4.43. The van der Waals surface area contributed by atoms with Crippen LogP contribution in [0.5, 0.6) is 0 Å². The van der Waals surface area contributed by atoms with Crippen molar-refractivity contribution < 1.29 is 4.79 Å². The van der Waals surface area contributed by atoms with Crippen LogP contribution >= 0.6 is 15.9 Å². The van der Waals surface area contributed by atoms with Gasteiger partial charge in [0.2, 0.25) is 0 Å². The van der Waals surface area contributed by atoms with Gasteiger partial charge >= 0.3 is 0 Å². The number of nitrogens with zero attached hydrogens (tertiary/aromatic N) is 1. The molecule has 0 bridgehead atoms. The van der Waals surface area contributed by atoms with Crippen LogP contribution in [-0.2, 0) is 0 Å². The average molecular weight is 346 g/mol. The lowest BCUT2D eigenvalue weighted by atomic mass is 10.1. The largest absolute Gasteiger partial charge is 0.374 e. The zero-order chi connectivity index (χ0) is 15.4. The Labute approximate surface area is 134 Å². The fourth-order valence-corrected chi connectivity index (χ4v) is 2.77. The molecule has 0 aromatic heterocycles. The van der Waals surface area contributed by atoms with Crippen molar-refractivity contribution in [2.24, 2.45) is 0 Å². The van der Waals surface area contributed by atoms with Gasteiger partial charge in [0.1, 0.15) is 0 Å². The molecule has 0 aliphatic heterocycles. The molecule has 3 heteroatoms. The van der Waals surface area contributed by atoms with E-state index >= 15 is 0 Å². The Balaban J connectivity index is 2.00. The van der Waals surface area contributed by atoms with E-state index in [4.69, 9.17) is 0 Å². The van der Waals surface area contributed by atoms with E-state index in [1.54, 1.807) is 0 Å². The van der Waals surface area contributed by atoms with E-state index in [1.807, 2.05) is 31.3 Å². The summed E-state index contributed by atoms with van der Waals surface area (Å²) in [7, 11) is 2.03. The Morgan fingerprint density at radius 3 is 2.38 bits per heavy atom. The highest BCUT2D eigenvalue weighted by molar-refractivity contribution is 9.10. The molecule has 0 heterocycles. The summed E-state index contributed by atoms with van der Waals surface area (Å²) in [6, 6.07) is 14.0. The first-order valence-corrected chi connectivity index (χ1v) is 7.83. The summed E-state index contributed by atoms with van der Waals surface area (Å²) < 4.78 is 0.941. The number of rotatable bonds is 5. The molecule has 0 fully saturated rings. The molecule has 0 spiro atoms. The molecule has 2 nitrogen and oxygen atoms in total. The highest BCUT2D eigenvalue weighted by atomic mass is 79.9. The van der Waals surface area contributed by atoms with Gasteiger partial charge in [0.15, 0.2) is 5.78 Å². The van der Waals surface area contributed by atoms with Gasteiger partial charge in [-0.15, -0.1) is 0 Å². The van der Waals surface area contributed by atoms with Crippen LogP contribution < -0.4 is 4.90 Å². The lowest BCUT2D eigenvalue weighted by molar-refractivity contribution is 0.0985. The zero-order valence-electron chi connectivity index (χ0n) is 12.7. The fraction of sp³-hybridized carbons (Fsp3) is 0.278.